The summed E-state index contributed by atoms with van der Waals surface area (Å²) >= 11 is -0.322. The molecule has 28 heteroatoms. The van der Waals surface area contributed by atoms with E-state index in [4.69, 9.17) is 47.4 Å². The van der Waals surface area contributed by atoms with Gasteiger partial charge in [-0.3, -0.25) is 0 Å². The van der Waals surface area contributed by atoms with Gasteiger partial charge in [0, 0.05) is 75.7 Å². The van der Waals surface area contributed by atoms with E-state index in [1.807, 2.05) is 18.2 Å². The molecule has 0 aliphatic rings. The van der Waals surface area contributed by atoms with E-state index in [0.717, 1.165) is 60.6 Å². The van der Waals surface area contributed by atoms with Crippen LogP contribution in [0, 0.1) is 18.0 Å². The first kappa shape index (κ1) is 91.9. The first-order valence-electron chi connectivity index (χ1n) is 36.0. The van der Waals surface area contributed by atoms with Gasteiger partial charge in [0.1, 0.15) is 82.1 Å². The molecule has 1 atom stereocenters. The number of carbonyl (C=O) groups is 11. The number of amides is 7. The number of halogens is 1. The maximum atomic E-state index is 13.7. The van der Waals surface area contributed by atoms with Gasteiger partial charge in [-0.25, -0.2) is 57.6 Å². The Bertz CT molecular complexity index is 2740. The molecule has 27 nitrogen and oxygen atoms in total. The van der Waals surface area contributed by atoms with Gasteiger partial charge in [0.2, 0.25) is 0 Å². The topological polar surface area (TPSA) is 343 Å². The van der Waals surface area contributed by atoms with Crippen LogP contribution in [-0.2, 0) is 71.4 Å². The van der Waals surface area contributed by atoms with Gasteiger partial charge < -0.3 is 74.0 Å². The lowest BCUT2D eigenvalue weighted by atomic mass is 9.92. The van der Waals surface area contributed by atoms with Crippen LogP contribution in [0.15, 0.2) is 131 Å². The molecule has 0 bridgehead atoms. The predicted octanol–water partition coefficient (Wildman–Crippen LogP) is 8.80. The molecule has 0 aliphatic heterocycles. The molecular weight excluding hydrogens is 1470 g/mol. The minimum absolute atomic E-state index is 0.108. The van der Waals surface area contributed by atoms with Crippen molar-refractivity contribution in [1.29, 1.82) is 0 Å². The van der Waals surface area contributed by atoms with E-state index in [2.05, 4.69) is 109 Å². The Morgan fingerprint density at radius 2 is 0.695 bits per heavy atom. The number of nitrogens with one attached hydrogen (secondary N) is 5. The van der Waals surface area contributed by atoms with E-state index in [1.54, 1.807) is 0 Å². The summed E-state index contributed by atoms with van der Waals surface area (Å²) in [6.45, 7) is 20.0. The number of benzene rings is 2. The highest BCUT2D eigenvalue weighted by molar-refractivity contribution is 5.93. The number of hydrogen-bond donors (Lipinski definition) is 5. The van der Waals surface area contributed by atoms with Gasteiger partial charge in [-0.2, -0.15) is 0 Å². The lowest BCUT2D eigenvalue weighted by Crippen LogP contribution is -3.61. The van der Waals surface area contributed by atoms with E-state index in [1.165, 1.54) is 52.1 Å². The molecular formula is C77H112IN6O21+. The molecule has 0 aliphatic carbocycles. The fourth-order valence-electron chi connectivity index (χ4n) is 9.76. The van der Waals surface area contributed by atoms with Crippen molar-refractivity contribution in [2.75, 3.05) is 98.7 Å². The number of carbonyl (C=O) groups excluding carboxylic acids is 11. The lowest BCUT2D eigenvalue weighted by molar-refractivity contribution is -0.597. The van der Waals surface area contributed by atoms with Crippen LogP contribution in [-0.4, -0.2) is 176 Å². The summed E-state index contributed by atoms with van der Waals surface area (Å²) in [5, 5.41) is 13.8. The van der Waals surface area contributed by atoms with Crippen molar-refractivity contribution < 1.29 is 121 Å². The maximum absolute atomic E-state index is 13.7. The van der Waals surface area contributed by atoms with E-state index >= 15 is 0 Å². The van der Waals surface area contributed by atoms with Crippen LogP contribution in [0.1, 0.15) is 155 Å². The molecule has 0 saturated carbocycles. The highest BCUT2D eigenvalue weighted by Crippen LogP contribution is 2.24. The summed E-state index contributed by atoms with van der Waals surface area (Å²) in [5.41, 5.74) is -3.01. The van der Waals surface area contributed by atoms with Crippen LogP contribution in [0.2, 0.25) is 0 Å². The third kappa shape index (κ3) is 45.6. The van der Waals surface area contributed by atoms with Crippen LogP contribution >= 0.6 is 0 Å². The van der Waals surface area contributed by atoms with Crippen LogP contribution in [0.25, 0.3) is 0 Å². The molecule has 2 aromatic carbocycles. The molecule has 0 radical (unpaired) electrons. The second-order valence-electron chi connectivity index (χ2n) is 24.8. The number of urea groups is 2. The molecule has 5 N–H and O–H groups in total. The summed E-state index contributed by atoms with van der Waals surface area (Å²) < 4.78 is 56.6. The van der Waals surface area contributed by atoms with Crippen molar-refractivity contribution in [3.63, 3.8) is 0 Å². The maximum Gasteiger partial charge on any atom is 0.407 e. The Morgan fingerprint density at radius 1 is 0.381 bits per heavy atom. The monoisotopic (exact) mass is 1580 g/mol. The minimum atomic E-state index is -1.50. The number of nitrogens with zero attached hydrogens (tertiary/aromatic N) is 1. The molecule has 105 heavy (non-hydrogen) atoms. The largest absolute Gasteiger partial charge is 0.490 e. The van der Waals surface area contributed by atoms with Crippen LogP contribution in [0.4, 0.5) is 24.0 Å². The second kappa shape index (κ2) is 58.1. The van der Waals surface area contributed by atoms with Gasteiger partial charge in [0.15, 0.2) is 7.14 Å². The number of esters is 6. The molecule has 0 spiro atoms. The first-order valence-corrected chi connectivity index (χ1v) is 38.2. The van der Waals surface area contributed by atoms with Crippen molar-refractivity contribution in [3.05, 3.63) is 138 Å². The number of rotatable bonds is 60. The fourth-order valence-corrected chi connectivity index (χ4v) is 12.0. The van der Waals surface area contributed by atoms with Crippen molar-refractivity contribution >= 4 is 66.2 Å². The Kier molecular flexibility index (Phi) is 50.8. The summed E-state index contributed by atoms with van der Waals surface area (Å²) in [7, 11) is 0. The lowest BCUT2D eigenvalue weighted by Gasteiger charge is -2.31. The van der Waals surface area contributed by atoms with Gasteiger partial charge in [0.05, 0.1) is 0 Å². The van der Waals surface area contributed by atoms with Gasteiger partial charge in [0.25, 0.3) is 0 Å². The van der Waals surface area contributed by atoms with Crippen molar-refractivity contribution in [2.24, 2.45) is 10.8 Å². The molecule has 2 aromatic rings. The van der Waals surface area contributed by atoms with Crippen molar-refractivity contribution in [3.8, 4) is 5.75 Å². The standard InChI is InChI=1S/C77H111IN6O21/c1-8-15-16-17-18-19-20-21-22-32-41-64(52-96-63-44-42-62(43-45-63)78-61-39-30-29-31-40-61)105-75(95)83-50-37-27-28-38-51-84(71(91)79-46-33-23-25-35-48-81-73(93)103-59-76(53-97-65(85)9-2,54-98-66(86)10-3)55-99-67(87)11-4)72(92)80-47-34-24-26-36-49-82-74(94)104-60-77(56-100-68(88)12-5,57-101-69(89)13-6)58-102-70(90)14-7/h9-14,29-31,39-40,42-45,64H,2-8,15-28,32-38,41,46-60H2,1H3,(H4-,79,80,81,82,83,91,92,93,94,95)/p+1. The molecule has 582 valence electrons. The highest BCUT2D eigenvalue weighted by Gasteiger charge is 2.39. The van der Waals surface area contributed by atoms with Crippen molar-refractivity contribution in [2.45, 2.75) is 161 Å². The van der Waals surface area contributed by atoms with E-state index in [0.29, 0.717) is 95.8 Å². The average Bonchev–Trinajstić information content (AvgIpc) is 0.858. The first-order chi connectivity index (χ1) is 50.8. The SMILES string of the molecule is C=CC(=O)OCC(COC(=O)C=C)(COC(=O)C=C)COC(=O)NCCCCCCNC(=O)N(CCCCCCNC(=O)OC(CCCCCCCCCCCC)COc1ccc([I+]c2ccccc2)cc1)C(=O)NCCCCCCNC(=O)OCC(COC(=O)C=C)(COC(=O)C=C)COC(=O)C=C. The number of imide groups is 1. The number of hydrogen-bond acceptors (Lipinski definition) is 21. The zero-order valence-electron chi connectivity index (χ0n) is 61.2. The highest BCUT2D eigenvalue weighted by atomic mass is 127. The van der Waals surface area contributed by atoms with E-state index in [-0.39, 0.29) is 60.5 Å². The molecule has 0 aromatic heterocycles. The smallest absolute Gasteiger partial charge is 0.407 e. The summed E-state index contributed by atoms with van der Waals surface area (Å²) in [5.74, 6) is -4.24. The normalized spacial score (nSPS) is 11.1. The Balaban J connectivity index is 2.01. The van der Waals surface area contributed by atoms with Gasteiger partial charge in [-0.1, -0.05) is 161 Å². The average molecular weight is 1580 g/mol. The molecule has 1 unspecified atom stereocenters. The zero-order chi connectivity index (χ0) is 77.0. The molecule has 7 amide bonds. The molecule has 2 rings (SSSR count). The number of alkyl carbamates (subject to hydrolysis) is 3. The van der Waals surface area contributed by atoms with E-state index < -0.39 is 136 Å². The third-order valence-electron chi connectivity index (χ3n) is 15.9. The van der Waals surface area contributed by atoms with E-state index in [9.17, 15) is 52.7 Å². The summed E-state index contributed by atoms with van der Waals surface area (Å²) in [6, 6.07) is 17.4. The fraction of sp³-hybridized carbons (Fsp3) is 0.545. The van der Waals surface area contributed by atoms with Gasteiger partial charge in [-0.15, -0.1) is 0 Å². The Morgan fingerprint density at radius 3 is 1.07 bits per heavy atom. The van der Waals surface area contributed by atoms with Gasteiger partial charge >= 0.3 is 87.4 Å². The molecule has 0 fully saturated rings. The Labute approximate surface area is 629 Å². The third-order valence-corrected chi connectivity index (χ3v) is 18.5. The van der Waals surface area contributed by atoms with Crippen LogP contribution in [0.3, 0.4) is 0 Å². The summed E-state index contributed by atoms with van der Waals surface area (Å²) in [6.07, 6.45) is 22.4. The Hall–Kier alpha value is -9.22. The van der Waals surface area contributed by atoms with Crippen molar-refractivity contribution in [1.82, 2.24) is 31.5 Å². The zero-order valence-corrected chi connectivity index (χ0v) is 63.4. The van der Waals surface area contributed by atoms with Crippen LogP contribution in [0.5, 0.6) is 5.75 Å². The second-order valence-corrected chi connectivity index (χ2v) is 27.8. The van der Waals surface area contributed by atoms with Crippen LogP contribution < -0.4 is 52.5 Å². The molecule has 0 heterocycles. The quantitative estimate of drug-likeness (QED) is 0.0136. The number of unbranched alkanes of at least 4 members (excludes halogenated alkanes) is 18. The summed E-state index contributed by atoms with van der Waals surface area (Å²) in [4.78, 5) is 139. The minimum Gasteiger partial charge on any atom is -0.490 e. The molecule has 0 saturated heterocycles. The number of ether oxygens (including phenoxy) is 10. The van der Waals surface area contributed by atoms with Gasteiger partial charge in [-0.05, 0) is 87.8 Å². The predicted molar refractivity (Wildman–Crippen MR) is 390 cm³/mol.